The fourth-order valence-electron chi connectivity index (χ4n) is 2.01. The second-order valence-corrected chi connectivity index (χ2v) is 5.11. The summed E-state index contributed by atoms with van der Waals surface area (Å²) in [5.41, 5.74) is 11.4. The van der Waals surface area contributed by atoms with E-state index in [0.29, 0.717) is 4.99 Å². The molecule has 3 heteroatoms. The molecule has 2 aromatic carbocycles. The van der Waals surface area contributed by atoms with Crippen molar-refractivity contribution in [3.63, 3.8) is 0 Å². The number of benzene rings is 2. The Kier molecular flexibility index (Phi) is 4.17. The normalized spacial score (nSPS) is 10.2. The van der Waals surface area contributed by atoms with Gasteiger partial charge in [0.15, 0.2) is 0 Å². The summed E-state index contributed by atoms with van der Waals surface area (Å²) in [7, 11) is 0. The van der Waals surface area contributed by atoms with Gasteiger partial charge in [0.05, 0.1) is 0 Å². The zero-order valence-corrected chi connectivity index (χ0v) is 12.1. The van der Waals surface area contributed by atoms with Crippen molar-refractivity contribution in [1.82, 2.24) is 0 Å². The minimum atomic E-state index is 0.438. The maximum atomic E-state index is 5.63. The summed E-state index contributed by atoms with van der Waals surface area (Å²) in [6.45, 7) is 5.00. The van der Waals surface area contributed by atoms with Gasteiger partial charge < -0.3 is 11.1 Å². The predicted molar refractivity (Wildman–Crippen MR) is 85.6 cm³/mol. The van der Waals surface area contributed by atoms with E-state index in [-0.39, 0.29) is 0 Å². The van der Waals surface area contributed by atoms with Gasteiger partial charge in [0.25, 0.3) is 0 Å². The van der Waals surface area contributed by atoms with E-state index in [1.54, 1.807) is 0 Å². The quantitative estimate of drug-likeness (QED) is 0.834. The highest BCUT2D eigenvalue weighted by atomic mass is 32.1. The average molecular weight is 270 g/mol. The molecule has 3 N–H and O–H groups in total. The van der Waals surface area contributed by atoms with Crippen LogP contribution in [0.25, 0.3) is 0 Å². The van der Waals surface area contributed by atoms with Crippen LogP contribution in [-0.2, 0) is 6.54 Å². The number of anilines is 1. The lowest BCUT2D eigenvalue weighted by Gasteiger charge is -2.12. The number of thiocarbonyl (C=S) groups is 1. The van der Waals surface area contributed by atoms with E-state index in [1.807, 2.05) is 18.2 Å². The monoisotopic (exact) mass is 270 g/mol. The fraction of sp³-hybridized carbons (Fsp3) is 0.188. The van der Waals surface area contributed by atoms with Crippen LogP contribution in [0.15, 0.2) is 42.5 Å². The van der Waals surface area contributed by atoms with Crippen molar-refractivity contribution in [1.29, 1.82) is 0 Å². The number of rotatable bonds is 4. The summed E-state index contributed by atoms with van der Waals surface area (Å²) < 4.78 is 0. The van der Waals surface area contributed by atoms with E-state index < -0.39 is 0 Å². The van der Waals surface area contributed by atoms with Gasteiger partial charge >= 0.3 is 0 Å². The van der Waals surface area contributed by atoms with E-state index in [1.165, 1.54) is 11.1 Å². The predicted octanol–water partition coefficient (Wildman–Crippen LogP) is 3.55. The van der Waals surface area contributed by atoms with Gasteiger partial charge in [-0.15, -0.1) is 0 Å². The Labute approximate surface area is 119 Å². The van der Waals surface area contributed by atoms with Crippen molar-refractivity contribution in [2.45, 2.75) is 20.4 Å². The summed E-state index contributed by atoms with van der Waals surface area (Å²) >= 11 is 4.98. The Morgan fingerprint density at radius 1 is 1.11 bits per heavy atom. The van der Waals surface area contributed by atoms with E-state index in [0.717, 1.165) is 23.4 Å². The Bertz CT molecular complexity index is 605. The zero-order chi connectivity index (χ0) is 13.8. The third-order valence-corrected chi connectivity index (χ3v) is 3.48. The Morgan fingerprint density at radius 2 is 1.84 bits per heavy atom. The molecule has 0 radical (unpaired) electrons. The molecule has 0 aromatic heterocycles. The van der Waals surface area contributed by atoms with Gasteiger partial charge in [-0.25, -0.2) is 0 Å². The Morgan fingerprint density at radius 3 is 2.47 bits per heavy atom. The van der Waals surface area contributed by atoms with Crippen LogP contribution in [0.4, 0.5) is 5.69 Å². The van der Waals surface area contributed by atoms with Gasteiger partial charge in [-0.1, -0.05) is 36.5 Å². The summed E-state index contributed by atoms with van der Waals surface area (Å²) in [5, 5.41) is 3.45. The van der Waals surface area contributed by atoms with E-state index in [2.05, 4.69) is 43.4 Å². The SMILES string of the molecule is Cc1ccccc1CNc1ccc(C(N)=S)cc1C. The van der Waals surface area contributed by atoms with Crippen LogP contribution in [0.2, 0.25) is 0 Å². The van der Waals surface area contributed by atoms with Crippen LogP contribution in [-0.4, -0.2) is 4.99 Å². The van der Waals surface area contributed by atoms with E-state index in [9.17, 15) is 0 Å². The van der Waals surface area contributed by atoms with Crippen molar-refractivity contribution in [2.24, 2.45) is 5.73 Å². The van der Waals surface area contributed by atoms with Gasteiger partial charge in [-0.05, 0) is 48.7 Å². The first-order valence-corrected chi connectivity index (χ1v) is 6.67. The van der Waals surface area contributed by atoms with Crippen molar-refractivity contribution in [3.8, 4) is 0 Å². The molecule has 0 aliphatic carbocycles. The smallest absolute Gasteiger partial charge is 0.103 e. The maximum Gasteiger partial charge on any atom is 0.103 e. The third kappa shape index (κ3) is 3.32. The van der Waals surface area contributed by atoms with Crippen molar-refractivity contribution < 1.29 is 0 Å². The Balaban J connectivity index is 2.12. The lowest BCUT2D eigenvalue weighted by atomic mass is 10.1. The standard InChI is InChI=1S/C16H18N2S/c1-11-5-3-4-6-14(11)10-18-15-8-7-13(16(17)19)9-12(15)2/h3-9,18H,10H2,1-2H3,(H2,17,19). The van der Waals surface area contributed by atoms with Gasteiger partial charge in [-0.3, -0.25) is 0 Å². The molecule has 0 atom stereocenters. The topological polar surface area (TPSA) is 38.0 Å². The molecular formula is C16H18N2S. The first-order chi connectivity index (χ1) is 9.08. The van der Waals surface area contributed by atoms with Gasteiger partial charge in [0, 0.05) is 17.8 Å². The molecule has 0 bridgehead atoms. The molecule has 98 valence electrons. The minimum Gasteiger partial charge on any atom is -0.389 e. The summed E-state index contributed by atoms with van der Waals surface area (Å²) in [6.07, 6.45) is 0. The molecule has 0 aliphatic heterocycles. The molecule has 0 amide bonds. The molecule has 19 heavy (non-hydrogen) atoms. The van der Waals surface area contributed by atoms with Crippen molar-refractivity contribution in [3.05, 3.63) is 64.7 Å². The molecule has 2 aromatic rings. The average Bonchev–Trinajstić information content (AvgIpc) is 2.39. The first kappa shape index (κ1) is 13.6. The van der Waals surface area contributed by atoms with Gasteiger partial charge in [0.1, 0.15) is 4.99 Å². The third-order valence-electron chi connectivity index (χ3n) is 3.24. The van der Waals surface area contributed by atoms with Crippen molar-refractivity contribution in [2.75, 3.05) is 5.32 Å². The molecule has 0 aliphatic rings. The molecule has 2 rings (SSSR count). The largest absolute Gasteiger partial charge is 0.389 e. The molecule has 0 heterocycles. The summed E-state index contributed by atoms with van der Waals surface area (Å²) in [5.74, 6) is 0. The zero-order valence-electron chi connectivity index (χ0n) is 11.2. The van der Waals surface area contributed by atoms with Crippen LogP contribution in [0.3, 0.4) is 0 Å². The molecular weight excluding hydrogens is 252 g/mol. The summed E-state index contributed by atoms with van der Waals surface area (Å²) in [6, 6.07) is 14.4. The minimum absolute atomic E-state index is 0.438. The second-order valence-electron chi connectivity index (χ2n) is 4.67. The summed E-state index contributed by atoms with van der Waals surface area (Å²) in [4.78, 5) is 0.438. The lowest BCUT2D eigenvalue weighted by molar-refractivity contribution is 1.11. The van der Waals surface area contributed by atoms with E-state index in [4.69, 9.17) is 18.0 Å². The van der Waals surface area contributed by atoms with Crippen LogP contribution in [0.5, 0.6) is 0 Å². The second kappa shape index (κ2) is 5.85. The molecule has 2 nitrogen and oxygen atoms in total. The van der Waals surface area contributed by atoms with Crippen molar-refractivity contribution >= 4 is 22.9 Å². The highest BCUT2D eigenvalue weighted by Crippen LogP contribution is 2.18. The fourth-order valence-corrected chi connectivity index (χ4v) is 2.14. The van der Waals surface area contributed by atoms with Crippen LogP contribution >= 0.6 is 12.2 Å². The Hall–Kier alpha value is -1.87. The molecule has 0 spiro atoms. The molecule has 0 saturated carbocycles. The first-order valence-electron chi connectivity index (χ1n) is 6.27. The van der Waals surface area contributed by atoms with Crippen LogP contribution in [0, 0.1) is 13.8 Å². The van der Waals surface area contributed by atoms with E-state index >= 15 is 0 Å². The molecule has 0 fully saturated rings. The highest BCUT2D eigenvalue weighted by Gasteiger charge is 2.03. The number of aryl methyl sites for hydroxylation is 2. The molecule has 0 saturated heterocycles. The number of hydrogen-bond donors (Lipinski definition) is 2. The number of nitrogens with one attached hydrogen (secondary N) is 1. The van der Waals surface area contributed by atoms with Gasteiger partial charge in [0.2, 0.25) is 0 Å². The highest BCUT2D eigenvalue weighted by molar-refractivity contribution is 7.80. The number of hydrogen-bond acceptors (Lipinski definition) is 2. The number of nitrogens with two attached hydrogens (primary N) is 1. The maximum absolute atomic E-state index is 5.63. The molecule has 0 unspecified atom stereocenters. The van der Waals surface area contributed by atoms with Gasteiger partial charge in [-0.2, -0.15) is 0 Å². The van der Waals surface area contributed by atoms with Crippen LogP contribution in [0.1, 0.15) is 22.3 Å². The lowest BCUT2D eigenvalue weighted by Crippen LogP contribution is -2.10. The van der Waals surface area contributed by atoms with Crippen LogP contribution < -0.4 is 11.1 Å².